The van der Waals surface area contributed by atoms with Crippen LogP contribution in [-0.2, 0) is 16.4 Å². The number of hydrogen-bond acceptors (Lipinski definition) is 4. The molecule has 0 aliphatic rings. The Hall–Kier alpha value is -2.14. The Kier molecular flexibility index (Phi) is 5.68. The van der Waals surface area contributed by atoms with Crippen molar-refractivity contribution >= 4 is 21.3 Å². The van der Waals surface area contributed by atoms with E-state index in [0.29, 0.717) is 11.4 Å². The summed E-state index contributed by atoms with van der Waals surface area (Å²) in [4.78, 5) is 12.2. The molecule has 0 atom stereocenters. The monoisotopic (exact) mass is 359 g/mol. The molecule has 4 nitrogen and oxygen atoms in total. The van der Waals surface area contributed by atoms with Crippen LogP contribution in [-0.4, -0.2) is 20.0 Å². The zero-order chi connectivity index (χ0) is 18.8. The van der Waals surface area contributed by atoms with E-state index in [1.807, 2.05) is 26.8 Å². The molecule has 2 aromatic rings. The van der Waals surface area contributed by atoms with E-state index in [0.717, 1.165) is 33.5 Å². The van der Waals surface area contributed by atoms with Crippen LogP contribution in [0.5, 0.6) is 0 Å². The molecule has 0 amide bonds. The third kappa shape index (κ3) is 4.10. The predicted octanol–water partition coefficient (Wildman–Crippen LogP) is 4.22. The fraction of sp³-hybridized carbons (Fsp3) is 0.350. The Morgan fingerprint density at radius 3 is 2.16 bits per heavy atom. The summed E-state index contributed by atoms with van der Waals surface area (Å²) in [5, 5.41) is 3.32. The van der Waals surface area contributed by atoms with E-state index >= 15 is 0 Å². The van der Waals surface area contributed by atoms with Crippen LogP contribution in [0.15, 0.2) is 35.2 Å². The number of benzene rings is 2. The van der Waals surface area contributed by atoms with Gasteiger partial charge < -0.3 is 5.32 Å². The van der Waals surface area contributed by atoms with Crippen molar-refractivity contribution in [1.29, 1.82) is 0 Å². The molecule has 0 bridgehead atoms. The molecule has 25 heavy (non-hydrogen) atoms. The summed E-state index contributed by atoms with van der Waals surface area (Å²) in [6.07, 6.45) is 0. The molecular formula is C20H25NO3S. The molecule has 0 aliphatic carbocycles. The number of rotatable bonds is 6. The van der Waals surface area contributed by atoms with Crippen LogP contribution in [0.1, 0.15) is 46.5 Å². The lowest BCUT2D eigenvalue weighted by Crippen LogP contribution is -2.10. The van der Waals surface area contributed by atoms with Crippen molar-refractivity contribution in [1.82, 2.24) is 0 Å². The molecule has 0 unspecified atom stereocenters. The summed E-state index contributed by atoms with van der Waals surface area (Å²) in [5.41, 5.74) is 5.87. The Labute approximate surface area is 150 Å². The van der Waals surface area contributed by atoms with Crippen LogP contribution in [0.25, 0.3) is 0 Å². The lowest BCUT2D eigenvalue weighted by atomic mass is 9.91. The summed E-state index contributed by atoms with van der Waals surface area (Å²) in [5.74, 6) is 0.167. The lowest BCUT2D eigenvalue weighted by Gasteiger charge is -2.17. The van der Waals surface area contributed by atoms with E-state index in [9.17, 15) is 13.2 Å². The number of anilines is 1. The van der Waals surface area contributed by atoms with Crippen LogP contribution in [0, 0.1) is 20.8 Å². The predicted molar refractivity (Wildman–Crippen MR) is 102 cm³/mol. The molecule has 2 aromatic carbocycles. The van der Waals surface area contributed by atoms with Crippen LogP contribution in [0.2, 0.25) is 0 Å². The van der Waals surface area contributed by atoms with Crippen molar-refractivity contribution in [2.75, 3.05) is 11.1 Å². The van der Waals surface area contributed by atoms with Gasteiger partial charge in [-0.2, -0.15) is 0 Å². The van der Waals surface area contributed by atoms with Gasteiger partial charge >= 0.3 is 0 Å². The number of Topliss-reactive ketones (excluding diaryl/α,β-unsaturated/α-hetero) is 1. The standard InChI is InChI=1S/C20H25NO3S/c1-6-25(23,24)18-9-7-17(8-10-18)21-12-19-13(2)11-14(3)20(15(19)4)16(5)22/h7-11,21H,6,12H2,1-5H3. The average molecular weight is 359 g/mol. The van der Waals surface area contributed by atoms with Gasteiger partial charge in [0.1, 0.15) is 0 Å². The van der Waals surface area contributed by atoms with Crippen molar-refractivity contribution < 1.29 is 13.2 Å². The Bertz CT molecular complexity index is 898. The summed E-state index contributed by atoms with van der Waals surface area (Å²) in [7, 11) is -3.18. The molecule has 0 radical (unpaired) electrons. The highest BCUT2D eigenvalue weighted by atomic mass is 32.2. The van der Waals surface area contributed by atoms with Gasteiger partial charge in [0.25, 0.3) is 0 Å². The Balaban J connectivity index is 2.25. The van der Waals surface area contributed by atoms with Gasteiger partial charge in [-0.15, -0.1) is 0 Å². The number of carbonyl (C=O) groups is 1. The number of hydrogen-bond donors (Lipinski definition) is 1. The van der Waals surface area contributed by atoms with Crippen molar-refractivity contribution in [3.8, 4) is 0 Å². The van der Waals surface area contributed by atoms with Gasteiger partial charge in [0.2, 0.25) is 0 Å². The zero-order valence-electron chi connectivity index (χ0n) is 15.4. The van der Waals surface area contributed by atoms with Gasteiger partial charge in [-0.3, -0.25) is 4.79 Å². The largest absolute Gasteiger partial charge is 0.381 e. The van der Waals surface area contributed by atoms with Crippen molar-refractivity contribution in [2.45, 2.75) is 46.1 Å². The normalized spacial score (nSPS) is 11.4. The summed E-state index contributed by atoms with van der Waals surface area (Å²) in [6.45, 7) is 9.78. The van der Waals surface area contributed by atoms with Gasteiger partial charge in [0, 0.05) is 17.8 Å². The average Bonchev–Trinajstić information content (AvgIpc) is 2.54. The maximum Gasteiger partial charge on any atom is 0.178 e. The third-order valence-electron chi connectivity index (χ3n) is 4.55. The SMILES string of the molecule is CCS(=O)(=O)c1ccc(NCc2c(C)cc(C)c(C(C)=O)c2C)cc1. The molecule has 2 rings (SSSR count). The first kappa shape index (κ1) is 19.2. The van der Waals surface area contributed by atoms with Gasteiger partial charge in [-0.25, -0.2) is 8.42 Å². The minimum atomic E-state index is -3.18. The highest BCUT2D eigenvalue weighted by molar-refractivity contribution is 7.91. The molecule has 0 spiro atoms. The number of carbonyl (C=O) groups excluding carboxylic acids is 1. The molecule has 0 heterocycles. The maximum atomic E-state index is 11.9. The van der Waals surface area contributed by atoms with E-state index in [-0.39, 0.29) is 11.5 Å². The number of nitrogens with one attached hydrogen (secondary N) is 1. The van der Waals surface area contributed by atoms with Crippen molar-refractivity contribution in [2.24, 2.45) is 0 Å². The molecule has 0 aromatic heterocycles. The highest BCUT2D eigenvalue weighted by Crippen LogP contribution is 2.24. The zero-order valence-corrected chi connectivity index (χ0v) is 16.3. The van der Waals surface area contributed by atoms with Crippen molar-refractivity contribution in [3.05, 3.63) is 58.1 Å². The summed E-state index contributed by atoms with van der Waals surface area (Å²) in [6, 6.07) is 8.83. The third-order valence-corrected chi connectivity index (χ3v) is 6.30. The highest BCUT2D eigenvalue weighted by Gasteiger charge is 2.14. The van der Waals surface area contributed by atoms with E-state index in [4.69, 9.17) is 0 Å². The molecule has 1 N–H and O–H groups in total. The van der Waals surface area contributed by atoms with Gasteiger partial charge in [-0.05, 0) is 74.2 Å². The molecule has 0 saturated heterocycles. The number of sulfone groups is 1. The maximum absolute atomic E-state index is 11.9. The van der Waals surface area contributed by atoms with E-state index in [2.05, 4.69) is 5.32 Å². The second kappa shape index (κ2) is 7.40. The quantitative estimate of drug-likeness (QED) is 0.784. The minimum Gasteiger partial charge on any atom is -0.381 e. The fourth-order valence-electron chi connectivity index (χ4n) is 3.18. The number of aryl methyl sites for hydroxylation is 2. The van der Waals surface area contributed by atoms with Crippen LogP contribution in [0.4, 0.5) is 5.69 Å². The van der Waals surface area contributed by atoms with Crippen LogP contribution < -0.4 is 5.32 Å². The van der Waals surface area contributed by atoms with E-state index in [1.54, 1.807) is 38.1 Å². The second-order valence-corrected chi connectivity index (χ2v) is 8.60. The topological polar surface area (TPSA) is 63.2 Å². The first-order valence-corrected chi connectivity index (χ1v) is 10.00. The smallest absolute Gasteiger partial charge is 0.178 e. The van der Waals surface area contributed by atoms with E-state index < -0.39 is 9.84 Å². The Morgan fingerprint density at radius 1 is 1.04 bits per heavy atom. The molecule has 0 fully saturated rings. The minimum absolute atomic E-state index is 0.0744. The summed E-state index contributed by atoms with van der Waals surface area (Å²) >= 11 is 0. The van der Waals surface area contributed by atoms with Gasteiger partial charge in [0.15, 0.2) is 15.6 Å². The van der Waals surface area contributed by atoms with Gasteiger partial charge in [-0.1, -0.05) is 13.0 Å². The molecule has 5 heteroatoms. The molecular weight excluding hydrogens is 334 g/mol. The van der Waals surface area contributed by atoms with Crippen molar-refractivity contribution in [3.63, 3.8) is 0 Å². The summed E-state index contributed by atoms with van der Waals surface area (Å²) < 4.78 is 23.7. The second-order valence-electron chi connectivity index (χ2n) is 6.33. The van der Waals surface area contributed by atoms with Crippen LogP contribution >= 0.6 is 0 Å². The van der Waals surface area contributed by atoms with Crippen LogP contribution in [0.3, 0.4) is 0 Å². The van der Waals surface area contributed by atoms with Gasteiger partial charge in [0.05, 0.1) is 10.6 Å². The Morgan fingerprint density at radius 2 is 1.64 bits per heavy atom. The number of ketones is 1. The lowest BCUT2D eigenvalue weighted by molar-refractivity contribution is 0.101. The molecule has 0 aliphatic heterocycles. The first-order valence-electron chi connectivity index (χ1n) is 8.34. The molecule has 134 valence electrons. The van der Waals surface area contributed by atoms with E-state index in [1.165, 1.54) is 0 Å². The first-order chi connectivity index (χ1) is 11.7. The fourth-order valence-corrected chi connectivity index (χ4v) is 4.06. The molecule has 0 saturated carbocycles.